The fraction of sp³-hybridized carbons (Fsp3) is 0.762. The maximum Gasteiger partial charge on any atom is 0.318 e. The van der Waals surface area contributed by atoms with Crippen molar-refractivity contribution >= 4 is 27.6 Å². The van der Waals surface area contributed by atoms with Crippen molar-refractivity contribution in [2.45, 2.75) is 57.0 Å². The average molecular weight is 498 g/mol. The van der Waals surface area contributed by atoms with Crippen LogP contribution in [0.5, 0.6) is 0 Å². The Balaban J connectivity index is 1.44. The van der Waals surface area contributed by atoms with Gasteiger partial charge in [0.15, 0.2) is 15.7 Å². The lowest BCUT2D eigenvalue weighted by Crippen LogP contribution is -2.57. The molecular formula is C21H31N5O7S. The van der Waals surface area contributed by atoms with Gasteiger partial charge in [-0.3, -0.25) is 9.59 Å². The SMILES string of the molecule is CCC(NC(=O)C(CS(=O)(=O)CC1CC1)NC(=O)N1CCOCC1)C(=O)c1nc(C2CC2)no1. The third-order valence-electron chi connectivity index (χ3n) is 6.16. The normalized spacial score (nSPS) is 20.4. The third-order valence-corrected chi connectivity index (χ3v) is 7.98. The van der Waals surface area contributed by atoms with E-state index >= 15 is 0 Å². The molecule has 3 fully saturated rings. The fourth-order valence-corrected chi connectivity index (χ4v) is 5.70. The van der Waals surface area contributed by atoms with Gasteiger partial charge in [0.2, 0.25) is 11.7 Å². The summed E-state index contributed by atoms with van der Waals surface area (Å²) in [7, 11) is -3.60. The zero-order chi connectivity index (χ0) is 24.3. The van der Waals surface area contributed by atoms with E-state index in [0.717, 1.165) is 25.7 Å². The van der Waals surface area contributed by atoms with Crippen LogP contribution in [-0.4, -0.2) is 91.1 Å². The van der Waals surface area contributed by atoms with Gasteiger partial charge in [-0.1, -0.05) is 12.1 Å². The van der Waals surface area contributed by atoms with Gasteiger partial charge in [0.25, 0.3) is 5.89 Å². The molecule has 2 heterocycles. The molecule has 34 heavy (non-hydrogen) atoms. The summed E-state index contributed by atoms with van der Waals surface area (Å²) >= 11 is 0. The van der Waals surface area contributed by atoms with Gasteiger partial charge in [-0.25, -0.2) is 13.2 Å². The van der Waals surface area contributed by atoms with E-state index in [1.54, 1.807) is 6.92 Å². The Kier molecular flexibility index (Phi) is 7.51. The highest BCUT2D eigenvalue weighted by Crippen LogP contribution is 2.38. The van der Waals surface area contributed by atoms with Crippen LogP contribution in [0.2, 0.25) is 0 Å². The second kappa shape index (κ2) is 10.4. The number of hydrogen-bond donors (Lipinski definition) is 2. The van der Waals surface area contributed by atoms with Gasteiger partial charge in [-0.15, -0.1) is 0 Å². The Morgan fingerprint density at radius 3 is 2.41 bits per heavy atom. The number of Topliss-reactive ketones (excluding diaryl/α,β-unsaturated/α-hetero) is 1. The van der Waals surface area contributed by atoms with Gasteiger partial charge in [0, 0.05) is 19.0 Å². The number of urea groups is 1. The molecule has 0 spiro atoms. The lowest BCUT2D eigenvalue weighted by Gasteiger charge is -2.29. The van der Waals surface area contributed by atoms with Gasteiger partial charge in [-0.05, 0) is 38.0 Å². The maximum absolute atomic E-state index is 13.1. The predicted octanol–water partition coefficient (Wildman–Crippen LogP) is 0.260. The number of rotatable bonds is 11. The van der Waals surface area contributed by atoms with Crippen molar-refractivity contribution in [2.75, 3.05) is 37.8 Å². The van der Waals surface area contributed by atoms with Gasteiger partial charge in [-0.2, -0.15) is 4.98 Å². The Bertz CT molecular complexity index is 1010. The average Bonchev–Trinajstić information content (AvgIpc) is 3.76. The number of morpholine rings is 1. The molecule has 0 bridgehead atoms. The fourth-order valence-electron chi connectivity index (χ4n) is 3.77. The summed E-state index contributed by atoms with van der Waals surface area (Å²) in [5, 5.41) is 8.96. The molecule has 0 aromatic carbocycles. The lowest BCUT2D eigenvalue weighted by molar-refractivity contribution is -0.123. The van der Waals surface area contributed by atoms with Crippen molar-refractivity contribution in [2.24, 2.45) is 5.92 Å². The smallest absolute Gasteiger partial charge is 0.318 e. The van der Waals surface area contributed by atoms with Crippen molar-refractivity contribution in [1.29, 1.82) is 0 Å². The molecule has 1 saturated heterocycles. The van der Waals surface area contributed by atoms with E-state index in [-0.39, 0.29) is 29.9 Å². The zero-order valence-electron chi connectivity index (χ0n) is 19.2. The number of hydrogen-bond acceptors (Lipinski definition) is 9. The number of nitrogens with one attached hydrogen (secondary N) is 2. The summed E-state index contributed by atoms with van der Waals surface area (Å²) in [5.41, 5.74) is 0. The first kappa shape index (κ1) is 24.6. The van der Waals surface area contributed by atoms with Crippen molar-refractivity contribution in [3.05, 3.63) is 11.7 Å². The molecule has 12 nitrogen and oxygen atoms in total. The van der Waals surface area contributed by atoms with Gasteiger partial charge < -0.3 is 24.8 Å². The van der Waals surface area contributed by atoms with Crippen LogP contribution in [0.3, 0.4) is 0 Å². The van der Waals surface area contributed by atoms with Crippen LogP contribution in [0.15, 0.2) is 4.52 Å². The monoisotopic (exact) mass is 497 g/mol. The quantitative estimate of drug-likeness (QED) is 0.409. The van der Waals surface area contributed by atoms with Gasteiger partial charge in [0.05, 0.1) is 30.8 Å². The van der Waals surface area contributed by atoms with Crippen LogP contribution in [0.4, 0.5) is 4.79 Å². The van der Waals surface area contributed by atoms with E-state index in [9.17, 15) is 22.8 Å². The zero-order valence-corrected chi connectivity index (χ0v) is 20.0. The minimum atomic E-state index is -3.60. The van der Waals surface area contributed by atoms with E-state index < -0.39 is 45.4 Å². The van der Waals surface area contributed by atoms with E-state index in [0.29, 0.717) is 32.1 Å². The summed E-state index contributed by atoms with van der Waals surface area (Å²) in [5.74, 6) is -1.26. The van der Waals surface area contributed by atoms with Crippen molar-refractivity contribution in [3.63, 3.8) is 0 Å². The third kappa shape index (κ3) is 6.53. The first-order chi connectivity index (χ1) is 16.3. The van der Waals surface area contributed by atoms with Crippen LogP contribution in [0, 0.1) is 5.92 Å². The topological polar surface area (TPSA) is 161 Å². The number of aromatic nitrogens is 2. The molecule has 3 amide bonds. The number of carbonyl (C=O) groups is 3. The molecule has 1 aromatic heterocycles. The van der Waals surface area contributed by atoms with Crippen molar-refractivity contribution < 1.29 is 32.1 Å². The molecule has 13 heteroatoms. The first-order valence-electron chi connectivity index (χ1n) is 11.8. The Morgan fingerprint density at radius 1 is 1.09 bits per heavy atom. The Morgan fingerprint density at radius 2 is 1.79 bits per heavy atom. The minimum Gasteiger partial charge on any atom is -0.378 e. The number of amides is 3. The Hall–Kier alpha value is -2.54. The second-order valence-corrected chi connectivity index (χ2v) is 11.3. The standard InChI is InChI=1S/C21H31N5O7S/c1-2-15(17(27)20-24-18(25-33-20)14-5-6-14)22-19(28)16(12-34(30,31)11-13-3-4-13)23-21(29)26-7-9-32-10-8-26/h13-16H,2-12H2,1H3,(H,22,28)(H,23,29). The highest BCUT2D eigenvalue weighted by atomic mass is 32.2. The maximum atomic E-state index is 13.1. The molecule has 4 rings (SSSR count). The molecule has 2 aliphatic carbocycles. The number of ether oxygens (including phenoxy) is 1. The number of carbonyl (C=O) groups excluding carboxylic acids is 3. The van der Waals surface area contributed by atoms with E-state index in [1.165, 1.54) is 4.90 Å². The second-order valence-electron chi connectivity index (χ2n) is 9.19. The van der Waals surface area contributed by atoms with E-state index in [1.807, 2.05) is 0 Å². The molecule has 2 N–H and O–H groups in total. The van der Waals surface area contributed by atoms with E-state index in [2.05, 4.69) is 20.8 Å². The summed E-state index contributed by atoms with van der Waals surface area (Å²) < 4.78 is 35.7. The van der Waals surface area contributed by atoms with Crippen molar-refractivity contribution in [1.82, 2.24) is 25.7 Å². The predicted molar refractivity (Wildman–Crippen MR) is 119 cm³/mol. The van der Waals surface area contributed by atoms with Crippen LogP contribution in [0.1, 0.15) is 61.5 Å². The highest BCUT2D eigenvalue weighted by molar-refractivity contribution is 7.91. The highest BCUT2D eigenvalue weighted by Gasteiger charge is 2.36. The van der Waals surface area contributed by atoms with Crippen molar-refractivity contribution in [3.8, 4) is 0 Å². The number of sulfone groups is 1. The summed E-state index contributed by atoms with van der Waals surface area (Å²) in [6.07, 6.45) is 3.80. The molecule has 1 aliphatic heterocycles. The summed E-state index contributed by atoms with van der Waals surface area (Å²) in [6.45, 7) is 3.11. The molecule has 2 saturated carbocycles. The molecule has 2 atom stereocenters. The summed E-state index contributed by atoms with van der Waals surface area (Å²) in [6, 6.07) is -2.88. The number of nitrogens with zero attached hydrogens (tertiary/aromatic N) is 3. The Labute approximate surface area is 198 Å². The van der Waals surface area contributed by atoms with Crippen LogP contribution < -0.4 is 10.6 Å². The lowest BCUT2D eigenvalue weighted by atomic mass is 10.1. The van der Waals surface area contributed by atoms with Crippen LogP contribution >= 0.6 is 0 Å². The molecular weight excluding hydrogens is 466 g/mol. The molecule has 2 unspecified atom stereocenters. The van der Waals surface area contributed by atoms with E-state index in [4.69, 9.17) is 9.26 Å². The number of ketones is 1. The molecule has 1 aromatic rings. The largest absolute Gasteiger partial charge is 0.378 e. The molecule has 188 valence electrons. The molecule has 3 aliphatic rings. The van der Waals surface area contributed by atoms with Gasteiger partial charge >= 0.3 is 6.03 Å². The first-order valence-corrected chi connectivity index (χ1v) is 13.6. The van der Waals surface area contributed by atoms with Gasteiger partial charge in [0.1, 0.15) is 6.04 Å². The molecule has 0 radical (unpaired) electrons. The van der Waals surface area contributed by atoms with Crippen LogP contribution in [0.25, 0.3) is 0 Å². The minimum absolute atomic E-state index is 0.0216. The summed E-state index contributed by atoms with van der Waals surface area (Å²) in [4.78, 5) is 44.3. The van der Waals surface area contributed by atoms with Crippen LogP contribution in [-0.2, 0) is 19.4 Å².